The monoisotopic (exact) mass is 321 g/mol. The predicted molar refractivity (Wildman–Crippen MR) is 91.5 cm³/mol. The largest absolute Gasteiger partial charge is 0.473 e. The molecule has 0 amide bonds. The number of aliphatic hydroxyl groups excluding tert-OH is 1. The number of aromatic nitrogens is 3. The van der Waals surface area contributed by atoms with Crippen LogP contribution in [0.25, 0.3) is 11.6 Å². The quantitative estimate of drug-likeness (QED) is 0.687. The highest BCUT2D eigenvalue weighted by molar-refractivity contribution is 6.53. The number of ether oxygens (including phenoxy) is 1. The molecule has 120 valence electrons. The first-order valence-electron chi connectivity index (χ1n) is 7.52. The molecule has 0 spiro atoms. The van der Waals surface area contributed by atoms with Crippen molar-refractivity contribution >= 4 is 28.7 Å². The lowest BCUT2D eigenvalue weighted by Crippen LogP contribution is -2.15. The van der Waals surface area contributed by atoms with Gasteiger partial charge in [0.15, 0.2) is 5.69 Å². The molecule has 7 heteroatoms. The van der Waals surface area contributed by atoms with Crippen molar-refractivity contribution in [1.82, 2.24) is 14.6 Å². The molecule has 0 saturated carbocycles. The predicted octanol–water partition coefficient (Wildman–Crippen LogP) is 2.20. The first kappa shape index (κ1) is 14.4. The smallest absolute Gasteiger partial charge is 0.260 e. The normalized spacial score (nSPS) is 15.2. The third-order valence-electron chi connectivity index (χ3n) is 3.76. The molecule has 0 aromatic carbocycles. The van der Waals surface area contributed by atoms with Crippen LogP contribution in [0.5, 0.6) is 5.88 Å². The van der Waals surface area contributed by atoms with Gasteiger partial charge in [-0.05, 0) is 30.4 Å². The van der Waals surface area contributed by atoms with Gasteiger partial charge in [-0.25, -0.2) is 9.51 Å². The fourth-order valence-corrected chi connectivity index (χ4v) is 2.64. The molecule has 0 saturated heterocycles. The standard InChI is InChI=1S/C17H15N5O2/c18-15-11-6-7-19-12(11)4-5-13(15)20-16-14-3-1-2-8-22(14)21-17(16)24-10-9-23/h1-8,18-19,23H,9-10H2. The van der Waals surface area contributed by atoms with Gasteiger partial charge in [0.25, 0.3) is 5.88 Å². The molecular formula is C17H15N5O2. The van der Waals surface area contributed by atoms with Crippen LogP contribution >= 0.6 is 0 Å². The number of nitrogens with one attached hydrogen (secondary N) is 2. The summed E-state index contributed by atoms with van der Waals surface area (Å²) in [5.74, 6) is 0.337. The molecule has 3 heterocycles. The Hall–Kier alpha value is -3.19. The minimum absolute atomic E-state index is 0.105. The molecule has 24 heavy (non-hydrogen) atoms. The third kappa shape index (κ3) is 2.31. The van der Waals surface area contributed by atoms with E-state index in [-0.39, 0.29) is 13.2 Å². The van der Waals surface area contributed by atoms with Gasteiger partial charge in [-0.3, -0.25) is 5.41 Å². The van der Waals surface area contributed by atoms with E-state index in [0.717, 1.165) is 16.8 Å². The topological polar surface area (TPSA) is 98.8 Å². The van der Waals surface area contributed by atoms with E-state index in [4.69, 9.17) is 15.3 Å². The Balaban J connectivity index is 1.83. The van der Waals surface area contributed by atoms with E-state index in [0.29, 0.717) is 23.0 Å². The van der Waals surface area contributed by atoms with Crippen LogP contribution in [0.2, 0.25) is 0 Å². The van der Waals surface area contributed by atoms with Gasteiger partial charge in [0, 0.05) is 23.7 Å². The van der Waals surface area contributed by atoms with Crippen molar-refractivity contribution < 1.29 is 9.84 Å². The van der Waals surface area contributed by atoms with E-state index in [2.05, 4.69) is 15.1 Å². The van der Waals surface area contributed by atoms with Crippen molar-refractivity contribution in [1.29, 1.82) is 5.41 Å². The molecule has 3 N–H and O–H groups in total. The van der Waals surface area contributed by atoms with E-state index in [9.17, 15) is 0 Å². The van der Waals surface area contributed by atoms with E-state index in [1.165, 1.54) is 0 Å². The Bertz CT molecular complexity index is 980. The number of allylic oxidation sites excluding steroid dienone is 1. The molecule has 0 radical (unpaired) electrons. The van der Waals surface area contributed by atoms with Gasteiger partial charge in [0.05, 0.1) is 23.5 Å². The first-order chi connectivity index (χ1) is 11.8. The van der Waals surface area contributed by atoms with E-state index >= 15 is 0 Å². The van der Waals surface area contributed by atoms with Crippen LogP contribution in [0.1, 0.15) is 11.3 Å². The van der Waals surface area contributed by atoms with Crippen LogP contribution in [0.3, 0.4) is 0 Å². The summed E-state index contributed by atoms with van der Waals surface area (Å²) in [4.78, 5) is 7.70. The molecule has 0 aliphatic heterocycles. The first-order valence-corrected chi connectivity index (χ1v) is 7.52. The number of aromatic amines is 1. The summed E-state index contributed by atoms with van der Waals surface area (Å²) in [5.41, 5.74) is 3.92. The maximum Gasteiger partial charge on any atom is 0.260 e. The Morgan fingerprint density at radius 3 is 3.08 bits per heavy atom. The van der Waals surface area contributed by atoms with Gasteiger partial charge in [-0.1, -0.05) is 6.07 Å². The molecule has 1 aliphatic carbocycles. The van der Waals surface area contributed by atoms with Gasteiger partial charge in [-0.2, -0.15) is 0 Å². The molecule has 0 unspecified atom stereocenters. The lowest BCUT2D eigenvalue weighted by molar-refractivity contribution is 0.197. The number of aliphatic hydroxyl groups is 1. The second kappa shape index (κ2) is 5.78. The Morgan fingerprint density at radius 2 is 2.21 bits per heavy atom. The second-order valence-corrected chi connectivity index (χ2v) is 5.27. The molecule has 3 aromatic rings. The molecule has 0 atom stereocenters. The van der Waals surface area contributed by atoms with Crippen LogP contribution in [-0.2, 0) is 0 Å². The molecule has 0 bridgehead atoms. The lowest BCUT2D eigenvalue weighted by atomic mass is 10.0. The third-order valence-corrected chi connectivity index (χ3v) is 3.76. The van der Waals surface area contributed by atoms with Crippen LogP contribution in [-0.4, -0.2) is 44.3 Å². The maximum absolute atomic E-state index is 9.00. The number of H-pyrrole nitrogens is 1. The summed E-state index contributed by atoms with van der Waals surface area (Å²) in [6.45, 7) is 0.0310. The van der Waals surface area contributed by atoms with Gasteiger partial charge >= 0.3 is 0 Å². The summed E-state index contributed by atoms with van der Waals surface area (Å²) < 4.78 is 7.18. The molecule has 4 rings (SSSR count). The number of hydrogen-bond acceptors (Lipinski definition) is 5. The average molecular weight is 321 g/mol. The highest BCUT2D eigenvalue weighted by Crippen LogP contribution is 2.32. The Labute approximate surface area is 137 Å². The van der Waals surface area contributed by atoms with E-state index < -0.39 is 0 Å². The van der Waals surface area contributed by atoms with Crippen molar-refractivity contribution in [2.24, 2.45) is 4.99 Å². The van der Waals surface area contributed by atoms with Crippen molar-refractivity contribution in [3.8, 4) is 5.88 Å². The van der Waals surface area contributed by atoms with Gasteiger partial charge in [0.2, 0.25) is 0 Å². The van der Waals surface area contributed by atoms with Gasteiger partial charge in [0.1, 0.15) is 6.61 Å². The minimum Gasteiger partial charge on any atom is -0.473 e. The van der Waals surface area contributed by atoms with Crippen LogP contribution in [0.15, 0.2) is 47.7 Å². The zero-order chi connectivity index (χ0) is 16.5. The zero-order valence-electron chi connectivity index (χ0n) is 12.7. The fraction of sp³-hybridized carbons (Fsp3) is 0.118. The van der Waals surface area contributed by atoms with Gasteiger partial charge in [-0.15, -0.1) is 5.10 Å². The average Bonchev–Trinajstić information content (AvgIpc) is 3.21. The van der Waals surface area contributed by atoms with E-state index in [1.54, 1.807) is 23.0 Å². The summed E-state index contributed by atoms with van der Waals surface area (Å²) in [5, 5.41) is 21.7. The molecule has 0 fully saturated rings. The number of pyridine rings is 1. The second-order valence-electron chi connectivity index (χ2n) is 5.27. The van der Waals surface area contributed by atoms with Gasteiger partial charge < -0.3 is 14.8 Å². The Kier molecular flexibility index (Phi) is 3.47. The summed E-state index contributed by atoms with van der Waals surface area (Å²) in [6, 6.07) is 7.50. The van der Waals surface area contributed by atoms with Crippen LogP contribution < -0.4 is 4.74 Å². The van der Waals surface area contributed by atoms with Crippen molar-refractivity contribution in [2.45, 2.75) is 0 Å². The SMILES string of the molecule is N=C1C(=Nc2c(OCCO)nn3ccccc23)C=Cc2[nH]ccc21. The summed E-state index contributed by atoms with van der Waals surface area (Å²) >= 11 is 0. The van der Waals surface area contributed by atoms with Crippen molar-refractivity contribution in [3.05, 3.63) is 54.0 Å². The van der Waals surface area contributed by atoms with Crippen LogP contribution in [0.4, 0.5) is 5.69 Å². The van der Waals surface area contributed by atoms with Crippen molar-refractivity contribution in [2.75, 3.05) is 13.2 Å². The van der Waals surface area contributed by atoms with Crippen molar-refractivity contribution in [3.63, 3.8) is 0 Å². The van der Waals surface area contributed by atoms with E-state index in [1.807, 2.05) is 30.3 Å². The number of hydrogen-bond donors (Lipinski definition) is 3. The molecule has 1 aliphatic rings. The zero-order valence-corrected chi connectivity index (χ0v) is 12.7. The molecular weight excluding hydrogens is 306 g/mol. The minimum atomic E-state index is -0.105. The highest BCUT2D eigenvalue weighted by Gasteiger charge is 2.19. The Morgan fingerprint density at radius 1 is 1.29 bits per heavy atom. The summed E-state index contributed by atoms with van der Waals surface area (Å²) in [7, 11) is 0. The molecule has 7 nitrogen and oxygen atoms in total. The number of fused-ring (bicyclic) bond motifs is 2. The number of aliphatic imine (C=N–C) groups is 1. The summed E-state index contributed by atoms with van der Waals surface area (Å²) in [6.07, 6.45) is 7.30. The fourth-order valence-electron chi connectivity index (χ4n) is 2.64. The number of rotatable bonds is 4. The maximum atomic E-state index is 9.00. The number of nitrogens with zero attached hydrogens (tertiary/aromatic N) is 3. The highest BCUT2D eigenvalue weighted by atomic mass is 16.5. The van der Waals surface area contributed by atoms with Crippen LogP contribution in [0, 0.1) is 5.41 Å². The lowest BCUT2D eigenvalue weighted by Gasteiger charge is -2.09. The molecule has 3 aromatic heterocycles.